The fraction of sp³-hybridized carbons (Fsp3) is 0.312. The maximum absolute atomic E-state index is 12.2. The summed E-state index contributed by atoms with van der Waals surface area (Å²) in [6.45, 7) is 0.383. The van der Waals surface area contributed by atoms with Crippen molar-refractivity contribution in [3.63, 3.8) is 0 Å². The summed E-state index contributed by atoms with van der Waals surface area (Å²) >= 11 is 1.61. The number of nitrogens with zero attached hydrogens (tertiary/aromatic N) is 2. The molecular weight excluding hydrogens is 326 g/mol. The summed E-state index contributed by atoms with van der Waals surface area (Å²) in [5, 5.41) is 9.47. The maximum atomic E-state index is 12.2. The second-order valence-electron chi connectivity index (χ2n) is 5.18. The average Bonchev–Trinajstić information content (AvgIpc) is 3.11. The first-order valence-corrected chi connectivity index (χ1v) is 8.91. The van der Waals surface area contributed by atoms with E-state index in [9.17, 15) is 9.59 Å². The second kappa shape index (κ2) is 8.97. The summed E-state index contributed by atoms with van der Waals surface area (Å²) in [6, 6.07) is 8.26. The molecule has 1 aromatic carbocycles. The molecule has 1 heterocycles. The third-order valence-electron chi connectivity index (χ3n) is 3.42. The number of primary amides is 1. The number of carbonyl (C=O) groups is 2. The minimum Gasteiger partial charge on any atom is -0.352 e. The molecule has 0 aliphatic carbocycles. The molecule has 4 N–H and O–H groups in total. The molecule has 0 spiro atoms. The lowest BCUT2D eigenvalue weighted by Crippen LogP contribution is -2.48. The summed E-state index contributed by atoms with van der Waals surface area (Å²) < 4.78 is 1.76. The van der Waals surface area contributed by atoms with Crippen LogP contribution in [0.3, 0.4) is 0 Å². The van der Waals surface area contributed by atoms with Gasteiger partial charge in [0.1, 0.15) is 6.04 Å². The SMILES string of the molecule is CSCC[C@H](NC(N)=O)C(=O)NCc1ccc(-n2cccn2)cc1. The van der Waals surface area contributed by atoms with Crippen molar-refractivity contribution in [2.45, 2.75) is 19.0 Å². The van der Waals surface area contributed by atoms with Gasteiger partial charge in [-0.2, -0.15) is 16.9 Å². The van der Waals surface area contributed by atoms with E-state index in [1.165, 1.54) is 0 Å². The molecule has 1 aromatic heterocycles. The van der Waals surface area contributed by atoms with Crippen molar-refractivity contribution >= 4 is 23.7 Å². The van der Waals surface area contributed by atoms with Crippen molar-refractivity contribution in [2.24, 2.45) is 5.73 Å². The van der Waals surface area contributed by atoms with Crippen LogP contribution in [0.5, 0.6) is 0 Å². The Balaban J connectivity index is 1.90. The highest BCUT2D eigenvalue weighted by atomic mass is 32.2. The quantitative estimate of drug-likeness (QED) is 0.669. The fourth-order valence-electron chi connectivity index (χ4n) is 2.18. The zero-order valence-electron chi connectivity index (χ0n) is 13.4. The van der Waals surface area contributed by atoms with Gasteiger partial charge in [0.2, 0.25) is 5.91 Å². The molecule has 0 radical (unpaired) electrons. The molecule has 0 fully saturated rings. The third-order valence-corrected chi connectivity index (χ3v) is 4.06. The van der Waals surface area contributed by atoms with E-state index in [1.54, 1.807) is 22.6 Å². The molecule has 2 aromatic rings. The monoisotopic (exact) mass is 347 g/mol. The summed E-state index contributed by atoms with van der Waals surface area (Å²) in [6.07, 6.45) is 6.06. The molecule has 1 atom stereocenters. The highest BCUT2D eigenvalue weighted by Gasteiger charge is 2.18. The molecular formula is C16H21N5O2S. The number of urea groups is 1. The first-order chi connectivity index (χ1) is 11.6. The van der Waals surface area contributed by atoms with Gasteiger partial charge < -0.3 is 16.4 Å². The van der Waals surface area contributed by atoms with Crippen molar-refractivity contribution in [3.8, 4) is 5.69 Å². The van der Waals surface area contributed by atoms with Gasteiger partial charge in [0.15, 0.2) is 0 Å². The number of thioether (sulfide) groups is 1. The molecule has 0 aliphatic heterocycles. The van der Waals surface area contributed by atoms with Crippen LogP contribution < -0.4 is 16.4 Å². The molecule has 8 heteroatoms. The highest BCUT2D eigenvalue weighted by Crippen LogP contribution is 2.09. The van der Waals surface area contributed by atoms with Gasteiger partial charge in [0.25, 0.3) is 0 Å². The molecule has 128 valence electrons. The van der Waals surface area contributed by atoms with Crippen LogP contribution in [-0.2, 0) is 11.3 Å². The van der Waals surface area contributed by atoms with Crippen LogP contribution in [0.2, 0.25) is 0 Å². The second-order valence-corrected chi connectivity index (χ2v) is 6.16. The van der Waals surface area contributed by atoms with Crippen molar-refractivity contribution < 1.29 is 9.59 Å². The lowest BCUT2D eigenvalue weighted by Gasteiger charge is -2.17. The van der Waals surface area contributed by atoms with E-state index in [2.05, 4.69) is 15.7 Å². The zero-order valence-corrected chi connectivity index (χ0v) is 14.3. The van der Waals surface area contributed by atoms with Crippen LogP contribution in [0.15, 0.2) is 42.7 Å². The topological polar surface area (TPSA) is 102 Å². The number of rotatable bonds is 8. The average molecular weight is 347 g/mol. The van der Waals surface area contributed by atoms with Gasteiger partial charge in [-0.15, -0.1) is 0 Å². The lowest BCUT2D eigenvalue weighted by molar-refractivity contribution is -0.123. The maximum Gasteiger partial charge on any atom is 0.312 e. The predicted molar refractivity (Wildman–Crippen MR) is 94.9 cm³/mol. The van der Waals surface area contributed by atoms with Gasteiger partial charge in [0.05, 0.1) is 5.69 Å². The Bertz CT molecular complexity index is 658. The van der Waals surface area contributed by atoms with Gasteiger partial charge in [-0.25, -0.2) is 9.48 Å². The number of nitrogens with one attached hydrogen (secondary N) is 2. The van der Waals surface area contributed by atoms with Crippen LogP contribution in [0.1, 0.15) is 12.0 Å². The van der Waals surface area contributed by atoms with Crippen molar-refractivity contribution in [2.75, 3.05) is 12.0 Å². The molecule has 2 rings (SSSR count). The van der Waals surface area contributed by atoms with E-state index in [4.69, 9.17) is 5.73 Å². The van der Waals surface area contributed by atoms with E-state index in [0.717, 1.165) is 17.0 Å². The molecule has 3 amide bonds. The Morgan fingerprint density at radius 3 is 2.67 bits per heavy atom. The summed E-state index contributed by atoms with van der Waals surface area (Å²) in [5.74, 6) is 0.524. The number of carbonyl (C=O) groups excluding carboxylic acids is 2. The number of benzene rings is 1. The smallest absolute Gasteiger partial charge is 0.312 e. The van der Waals surface area contributed by atoms with Crippen molar-refractivity contribution in [1.29, 1.82) is 0 Å². The number of nitrogens with two attached hydrogens (primary N) is 1. The molecule has 7 nitrogen and oxygen atoms in total. The van der Waals surface area contributed by atoms with Crippen molar-refractivity contribution in [3.05, 3.63) is 48.3 Å². The molecule has 0 saturated carbocycles. The molecule has 0 bridgehead atoms. The van der Waals surface area contributed by atoms with E-state index in [0.29, 0.717) is 13.0 Å². The van der Waals surface area contributed by atoms with Crippen LogP contribution in [0.25, 0.3) is 5.69 Å². The largest absolute Gasteiger partial charge is 0.352 e. The normalized spacial score (nSPS) is 11.7. The fourth-order valence-corrected chi connectivity index (χ4v) is 2.65. The van der Waals surface area contributed by atoms with Gasteiger partial charge >= 0.3 is 6.03 Å². The Labute approximate surface area is 145 Å². The highest BCUT2D eigenvalue weighted by molar-refractivity contribution is 7.98. The Hall–Kier alpha value is -2.48. The summed E-state index contributed by atoms with van der Waals surface area (Å²) in [5.41, 5.74) is 7.04. The minimum atomic E-state index is -0.695. The van der Waals surface area contributed by atoms with Crippen LogP contribution in [-0.4, -0.2) is 39.8 Å². The first kappa shape index (κ1) is 17.9. The minimum absolute atomic E-state index is 0.237. The molecule has 0 aliphatic rings. The Kier molecular flexibility index (Phi) is 6.68. The molecule has 24 heavy (non-hydrogen) atoms. The lowest BCUT2D eigenvalue weighted by atomic mass is 10.1. The molecule has 0 unspecified atom stereocenters. The van der Waals surface area contributed by atoms with E-state index in [1.807, 2.05) is 42.8 Å². The standard InChI is InChI=1S/C16H21N5O2S/c1-24-10-7-14(20-16(17)23)15(22)18-11-12-3-5-13(6-4-12)21-9-2-8-19-21/h2-6,8-9,14H,7,10-11H2,1H3,(H,18,22)(H3,17,20,23)/t14-/m0/s1. The van der Waals surface area contributed by atoms with Crippen LogP contribution >= 0.6 is 11.8 Å². The Morgan fingerprint density at radius 2 is 2.08 bits per heavy atom. The van der Waals surface area contributed by atoms with E-state index in [-0.39, 0.29) is 5.91 Å². The van der Waals surface area contributed by atoms with Gasteiger partial charge in [-0.3, -0.25) is 4.79 Å². The number of hydrogen-bond donors (Lipinski definition) is 3. The van der Waals surface area contributed by atoms with E-state index < -0.39 is 12.1 Å². The summed E-state index contributed by atoms with van der Waals surface area (Å²) in [7, 11) is 0. The zero-order chi connectivity index (χ0) is 17.4. The first-order valence-electron chi connectivity index (χ1n) is 7.51. The van der Waals surface area contributed by atoms with Gasteiger partial charge in [-0.05, 0) is 42.2 Å². The number of amides is 3. The van der Waals surface area contributed by atoms with E-state index >= 15 is 0 Å². The molecule has 0 saturated heterocycles. The van der Waals surface area contributed by atoms with Gasteiger partial charge in [0, 0.05) is 18.9 Å². The van der Waals surface area contributed by atoms with Gasteiger partial charge in [-0.1, -0.05) is 12.1 Å². The number of hydrogen-bond acceptors (Lipinski definition) is 4. The predicted octanol–water partition coefficient (Wildman–Crippen LogP) is 1.28. The third kappa shape index (κ3) is 5.31. The number of aromatic nitrogens is 2. The summed E-state index contributed by atoms with van der Waals surface area (Å²) in [4.78, 5) is 23.2. The van der Waals surface area contributed by atoms with Crippen LogP contribution in [0, 0.1) is 0 Å². The van der Waals surface area contributed by atoms with Crippen molar-refractivity contribution in [1.82, 2.24) is 20.4 Å². The Morgan fingerprint density at radius 1 is 1.33 bits per heavy atom. The van der Waals surface area contributed by atoms with Crippen LogP contribution in [0.4, 0.5) is 4.79 Å².